The van der Waals surface area contributed by atoms with E-state index in [2.05, 4.69) is 4.98 Å². The highest BCUT2D eigenvalue weighted by atomic mass is 32.2. The highest BCUT2D eigenvalue weighted by Crippen LogP contribution is 2.31. The van der Waals surface area contributed by atoms with Gasteiger partial charge in [0.25, 0.3) is 0 Å². The van der Waals surface area contributed by atoms with E-state index in [0.29, 0.717) is 18.4 Å². The molecule has 0 aliphatic heterocycles. The average Bonchev–Trinajstić information content (AvgIpc) is 2.41. The monoisotopic (exact) mass is 263 g/mol. The van der Waals surface area contributed by atoms with E-state index in [1.807, 2.05) is 38.1 Å². The first-order valence-corrected chi connectivity index (χ1v) is 6.37. The average molecular weight is 263 g/mol. The van der Waals surface area contributed by atoms with Gasteiger partial charge in [0.05, 0.1) is 13.7 Å². The summed E-state index contributed by atoms with van der Waals surface area (Å²) in [5.74, 6) is 0.712. The molecule has 0 aliphatic carbocycles. The Balaban J connectivity index is 2.30. The van der Waals surface area contributed by atoms with Gasteiger partial charge in [-0.15, -0.1) is 0 Å². The minimum atomic E-state index is 0.391. The van der Waals surface area contributed by atoms with Crippen molar-refractivity contribution < 1.29 is 9.74 Å². The predicted molar refractivity (Wildman–Crippen MR) is 74.3 cm³/mol. The lowest BCUT2D eigenvalue weighted by molar-refractivity contribution is 0.369. The standard InChI is InChI=1S/C14H15NO2S/c1-3-16-18-17-14-10-11(2)7-8-12(14)13-6-4-5-9-15-13/h4-10H,3H2,1-2H3/i5T. The molecule has 2 aromatic rings. The van der Waals surface area contributed by atoms with Crippen molar-refractivity contribution >= 4 is 12.3 Å². The molecular weight excluding hydrogens is 246 g/mol. The van der Waals surface area contributed by atoms with Gasteiger partial charge in [0.2, 0.25) is 12.3 Å². The Bertz CT molecular complexity index is 546. The van der Waals surface area contributed by atoms with Crippen LogP contribution < -0.4 is 4.18 Å². The Morgan fingerprint density at radius 1 is 1.39 bits per heavy atom. The highest BCUT2D eigenvalue weighted by molar-refractivity contribution is 7.90. The second kappa shape index (κ2) is 6.42. The molecule has 0 radical (unpaired) electrons. The number of pyridine rings is 1. The van der Waals surface area contributed by atoms with Gasteiger partial charge in [0.15, 0.2) is 0 Å². The van der Waals surface area contributed by atoms with Crippen molar-refractivity contribution in [2.24, 2.45) is 0 Å². The number of nitrogens with zero attached hydrogens (tertiary/aromatic N) is 1. The summed E-state index contributed by atoms with van der Waals surface area (Å²) in [4.78, 5) is 4.25. The minimum Gasteiger partial charge on any atom is -0.400 e. The molecule has 94 valence electrons. The SMILES string of the molecule is [3H]c1ccc(-c2ccc(C)cc2OSOCC)nc1. The summed E-state index contributed by atoms with van der Waals surface area (Å²) in [7, 11) is 0. The molecule has 18 heavy (non-hydrogen) atoms. The first-order valence-electron chi connectivity index (χ1n) is 6.20. The highest BCUT2D eigenvalue weighted by Gasteiger charge is 2.08. The number of aryl methyl sites for hydroxylation is 1. The zero-order chi connectivity index (χ0) is 13.7. The van der Waals surface area contributed by atoms with Crippen molar-refractivity contribution in [3.63, 3.8) is 0 Å². The summed E-state index contributed by atoms with van der Waals surface area (Å²) in [6.07, 6.45) is 1.52. The lowest BCUT2D eigenvalue weighted by Crippen LogP contribution is -1.91. The number of hydrogen-bond donors (Lipinski definition) is 0. The van der Waals surface area contributed by atoms with Gasteiger partial charge in [-0.3, -0.25) is 9.17 Å². The predicted octanol–water partition coefficient (Wildman–Crippen LogP) is 4.04. The summed E-state index contributed by atoms with van der Waals surface area (Å²) >= 11 is 0.962. The smallest absolute Gasteiger partial charge is 0.225 e. The topological polar surface area (TPSA) is 31.4 Å². The van der Waals surface area contributed by atoms with Crippen molar-refractivity contribution in [1.29, 1.82) is 0 Å². The van der Waals surface area contributed by atoms with Crippen LogP contribution in [0.3, 0.4) is 0 Å². The van der Waals surface area contributed by atoms with E-state index in [0.717, 1.165) is 29.1 Å². The normalized spacial score (nSPS) is 11.1. The molecule has 0 atom stereocenters. The Morgan fingerprint density at radius 3 is 3.00 bits per heavy atom. The molecule has 0 saturated carbocycles. The third-order valence-electron chi connectivity index (χ3n) is 2.32. The number of benzene rings is 1. The molecule has 0 saturated heterocycles. The van der Waals surface area contributed by atoms with Crippen LogP contribution in [0.2, 0.25) is 0 Å². The first kappa shape index (κ1) is 11.6. The fourth-order valence-corrected chi connectivity index (χ4v) is 1.85. The van der Waals surface area contributed by atoms with Gasteiger partial charge in [-0.1, -0.05) is 12.1 Å². The van der Waals surface area contributed by atoms with E-state index in [4.69, 9.17) is 9.74 Å². The van der Waals surface area contributed by atoms with Gasteiger partial charge in [0.1, 0.15) is 5.75 Å². The molecule has 0 aliphatic rings. The van der Waals surface area contributed by atoms with Crippen molar-refractivity contribution in [2.45, 2.75) is 13.8 Å². The van der Waals surface area contributed by atoms with Crippen molar-refractivity contribution in [1.82, 2.24) is 4.98 Å². The number of hydrogen-bond acceptors (Lipinski definition) is 4. The Labute approximate surface area is 113 Å². The van der Waals surface area contributed by atoms with Gasteiger partial charge < -0.3 is 4.18 Å². The van der Waals surface area contributed by atoms with Gasteiger partial charge in [-0.25, -0.2) is 0 Å². The van der Waals surface area contributed by atoms with E-state index in [9.17, 15) is 0 Å². The molecule has 1 aromatic carbocycles. The third kappa shape index (κ3) is 3.24. The van der Waals surface area contributed by atoms with Gasteiger partial charge in [-0.05, 0) is 43.7 Å². The van der Waals surface area contributed by atoms with Gasteiger partial charge >= 0.3 is 0 Å². The molecule has 0 fully saturated rings. The van der Waals surface area contributed by atoms with Crippen LogP contribution in [0.25, 0.3) is 11.3 Å². The summed E-state index contributed by atoms with van der Waals surface area (Å²) < 4.78 is 18.1. The van der Waals surface area contributed by atoms with E-state index in [-0.39, 0.29) is 0 Å². The van der Waals surface area contributed by atoms with Gasteiger partial charge in [0, 0.05) is 11.8 Å². The van der Waals surface area contributed by atoms with E-state index in [1.54, 1.807) is 6.07 Å². The maximum absolute atomic E-state index is 7.46. The second-order valence-corrected chi connectivity index (χ2v) is 4.24. The maximum Gasteiger partial charge on any atom is 0.225 e. The molecule has 0 bridgehead atoms. The molecule has 3 nitrogen and oxygen atoms in total. The fourth-order valence-electron chi connectivity index (χ4n) is 1.50. The summed E-state index contributed by atoms with van der Waals surface area (Å²) in [6.45, 7) is 4.49. The Kier molecular flexibility index (Phi) is 4.13. The number of aromatic nitrogens is 1. The third-order valence-corrected chi connectivity index (χ3v) is 2.90. The van der Waals surface area contributed by atoms with Crippen LogP contribution in [0.15, 0.2) is 42.6 Å². The molecule has 2 rings (SSSR count). The van der Waals surface area contributed by atoms with Crippen molar-refractivity contribution in [2.75, 3.05) is 6.61 Å². The molecule has 1 heterocycles. The van der Waals surface area contributed by atoms with E-state index < -0.39 is 0 Å². The maximum atomic E-state index is 7.46. The molecular formula is C14H15NO2S. The Hall–Kier alpha value is -1.52. The van der Waals surface area contributed by atoms with Crippen molar-refractivity contribution in [3.05, 3.63) is 48.1 Å². The molecule has 0 N–H and O–H groups in total. The van der Waals surface area contributed by atoms with E-state index in [1.165, 1.54) is 6.20 Å². The molecule has 1 aromatic heterocycles. The lowest BCUT2D eigenvalue weighted by Gasteiger charge is -2.09. The van der Waals surface area contributed by atoms with Crippen LogP contribution in [0.5, 0.6) is 5.75 Å². The van der Waals surface area contributed by atoms with Crippen LogP contribution in [0, 0.1) is 6.92 Å². The number of rotatable bonds is 5. The van der Waals surface area contributed by atoms with Crippen LogP contribution in [-0.4, -0.2) is 11.6 Å². The largest absolute Gasteiger partial charge is 0.400 e. The first-order chi connectivity index (χ1) is 9.20. The van der Waals surface area contributed by atoms with Gasteiger partial charge in [-0.2, -0.15) is 0 Å². The quantitative estimate of drug-likeness (QED) is 0.602. The molecule has 0 unspecified atom stereocenters. The van der Waals surface area contributed by atoms with Crippen LogP contribution in [0.1, 0.15) is 13.9 Å². The van der Waals surface area contributed by atoms with Crippen LogP contribution in [0.4, 0.5) is 0 Å². The van der Waals surface area contributed by atoms with Crippen molar-refractivity contribution in [3.8, 4) is 17.0 Å². The minimum absolute atomic E-state index is 0.391. The van der Waals surface area contributed by atoms with E-state index >= 15 is 0 Å². The fraction of sp³-hybridized carbons (Fsp3) is 0.214. The summed E-state index contributed by atoms with van der Waals surface area (Å²) in [5, 5.41) is 0. The van der Waals surface area contributed by atoms with Crippen LogP contribution >= 0.6 is 12.3 Å². The molecule has 0 spiro atoms. The zero-order valence-electron chi connectivity index (χ0n) is 11.3. The lowest BCUT2D eigenvalue weighted by atomic mass is 10.1. The Morgan fingerprint density at radius 2 is 2.28 bits per heavy atom. The second-order valence-electron chi connectivity index (χ2n) is 3.70. The summed E-state index contributed by atoms with van der Waals surface area (Å²) in [6, 6.07) is 9.82. The van der Waals surface area contributed by atoms with Crippen LogP contribution in [-0.2, 0) is 4.18 Å². The summed E-state index contributed by atoms with van der Waals surface area (Å²) in [5.41, 5.74) is 2.77. The molecule has 4 heteroatoms. The molecule has 0 amide bonds. The zero-order valence-corrected chi connectivity index (χ0v) is 11.2.